The van der Waals surface area contributed by atoms with E-state index < -0.39 is 10.0 Å². The van der Waals surface area contributed by atoms with Crippen LogP contribution in [0.5, 0.6) is 0 Å². The zero-order valence-electron chi connectivity index (χ0n) is 16.3. The largest absolute Gasteiger partial charge is 0.348 e. The minimum absolute atomic E-state index is 0.0142. The third-order valence-electron chi connectivity index (χ3n) is 5.46. The summed E-state index contributed by atoms with van der Waals surface area (Å²) < 4.78 is 25.3. The molecule has 2 aromatic carbocycles. The van der Waals surface area contributed by atoms with Crippen molar-refractivity contribution in [1.82, 2.24) is 10.2 Å². The molecule has 29 heavy (non-hydrogen) atoms. The first-order valence-corrected chi connectivity index (χ1v) is 12.5. The van der Waals surface area contributed by atoms with Crippen LogP contribution >= 0.6 is 11.8 Å². The summed E-state index contributed by atoms with van der Waals surface area (Å²) >= 11 is 1.52. The van der Waals surface area contributed by atoms with E-state index in [0.29, 0.717) is 17.2 Å². The number of carbonyl (C=O) groups is 1. The highest BCUT2D eigenvalue weighted by Crippen LogP contribution is 2.30. The van der Waals surface area contributed by atoms with Gasteiger partial charge in [0.25, 0.3) is 5.91 Å². The van der Waals surface area contributed by atoms with Gasteiger partial charge in [0.1, 0.15) is 0 Å². The average molecular weight is 432 g/mol. The number of piperidine rings is 3. The van der Waals surface area contributed by atoms with Crippen molar-refractivity contribution >= 4 is 33.4 Å². The highest BCUT2D eigenvalue weighted by molar-refractivity contribution is 7.99. The van der Waals surface area contributed by atoms with Crippen molar-refractivity contribution in [3.05, 3.63) is 54.1 Å². The average Bonchev–Trinajstić information content (AvgIpc) is 2.68. The van der Waals surface area contributed by atoms with Gasteiger partial charge in [-0.25, -0.2) is 8.42 Å². The Kier molecular flexibility index (Phi) is 5.85. The molecule has 3 fully saturated rings. The number of amides is 1. The molecule has 3 aliphatic heterocycles. The molecule has 6 nitrogen and oxygen atoms in total. The maximum Gasteiger partial charge on any atom is 0.251 e. The number of benzene rings is 2. The fraction of sp³-hybridized carbons (Fsp3) is 0.381. The number of nitrogens with one attached hydrogen (secondary N) is 2. The number of fused-ring (bicyclic) bond motifs is 3. The Morgan fingerprint density at radius 3 is 2.41 bits per heavy atom. The SMILES string of the molecule is CS(=O)(=O)Nc1cccc(Sc2ccc(C(=O)N[C@H]3CN4CCC3CC4)cc2)c1. The van der Waals surface area contributed by atoms with Gasteiger partial charge in [0, 0.05) is 33.6 Å². The van der Waals surface area contributed by atoms with E-state index in [9.17, 15) is 13.2 Å². The second-order valence-electron chi connectivity index (χ2n) is 7.75. The smallest absolute Gasteiger partial charge is 0.251 e. The van der Waals surface area contributed by atoms with Crippen LogP contribution < -0.4 is 10.0 Å². The highest BCUT2D eigenvalue weighted by Gasteiger charge is 2.34. The Bertz CT molecular complexity index is 984. The molecule has 3 saturated heterocycles. The predicted octanol–water partition coefficient (Wildman–Crippen LogP) is 3.03. The molecule has 0 saturated carbocycles. The molecule has 0 unspecified atom stereocenters. The summed E-state index contributed by atoms with van der Waals surface area (Å²) in [5.41, 5.74) is 1.20. The number of carbonyl (C=O) groups excluding carboxylic acids is 1. The molecule has 0 aromatic heterocycles. The van der Waals surface area contributed by atoms with Crippen LogP contribution in [0.15, 0.2) is 58.3 Å². The van der Waals surface area contributed by atoms with Gasteiger partial charge >= 0.3 is 0 Å². The monoisotopic (exact) mass is 431 g/mol. The Morgan fingerprint density at radius 2 is 1.79 bits per heavy atom. The van der Waals surface area contributed by atoms with E-state index in [-0.39, 0.29) is 11.9 Å². The van der Waals surface area contributed by atoms with Crippen molar-refractivity contribution in [3.8, 4) is 0 Å². The molecular weight excluding hydrogens is 406 g/mol. The van der Waals surface area contributed by atoms with Gasteiger partial charge in [0.05, 0.1) is 6.26 Å². The molecule has 154 valence electrons. The van der Waals surface area contributed by atoms with Crippen LogP contribution in [0, 0.1) is 5.92 Å². The van der Waals surface area contributed by atoms with Gasteiger partial charge in [-0.15, -0.1) is 0 Å². The number of rotatable bonds is 6. The van der Waals surface area contributed by atoms with Crippen LogP contribution in [-0.2, 0) is 10.0 Å². The van der Waals surface area contributed by atoms with E-state index in [1.165, 1.54) is 24.6 Å². The van der Waals surface area contributed by atoms with Crippen molar-refractivity contribution < 1.29 is 13.2 Å². The maximum atomic E-state index is 12.6. The third kappa shape index (κ3) is 5.32. The zero-order chi connectivity index (χ0) is 20.4. The molecule has 2 bridgehead atoms. The van der Waals surface area contributed by atoms with E-state index in [1.54, 1.807) is 12.1 Å². The first kappa shape index (κ1) is 20.3. The Balaban J connectivity index is 1.38. The second kappa shape index (κ2) is 8.38. The maximum absolute atomic E-state index is 12.6. The van der Waals surface area contributed by atoms with Crippen molar-refractivity contribution in [1.29, 1.82) is 0 Å². The van der Waals surface area contributed by atoms with E-state index in [1.807, 2.05) is 36.4 Å². The molecule has 3 aliphatic rings. The number of hydrogen-bond donors (Lipinski definition) is 2. The summed E-state index contributed by atoms with van der Waals surface area (Å²) in [4.78, 5) is 17.0. The van der Waals surface area contributed by atoms with E-state index in [2.05, 4.69) is 14.9 Å². The standard InChI is InChI=1S/C21H25N3O3S2/c1-29(26,27)23-17-3-2-4-19(13-17)28-18-7-5-16(6-8-18)21(25)22-20-14-24-11-9-15(20)10-12-24/h2-8,13,15,20,23H,9-12,14H2,1H3,(H,22,25)/t20-/m0/s1. The van der Waals surface area contributed by atoms with Gasteiger partial charge in [-0.2, -0.15) is 0 Å². The lowest BCUT2D eigenvalue weighted by molar-refractivity contribution is 0.0620. The molecule has 2 aromatic rings. The molecule has 1 amide bonds. The molecule has 1 atom stereocenters. The summed E-state index contributed by atoms with van der Waals surface area (Å²) in [5, 5.41) is 3.21. The summed E-state index contributed by atoms with van der Waals surface area (Å²) in [7, 11) is -3.30. The quantitative estimate of drug-likeness (QED) is 0.735. The topological polar surface area (TPSA) is 78.5 Å². The molecule has 8 heteroatoms. The molecule has 2 N–H and O–H groups in total. The lowest BCUT2D eigenvalue weighted by Crippen LogP contribution is -2.57. The first-order valence-electron chi connectivity index (χ1n) is 9.75. The summed E-state index contributed by atoms with van der Waals surface area (Å²) in [6.07, 6.45) is 3.48. The predicted molar refractivity (Wildman–Crippen MR) is 116 cm³/mol. The first-order chi connectivity index (χ1) is 13.9. The lowest BCUT2D eigenvalue weighted by Gasteiger charge is -2.44. The molecule has 5 rings (SSSR count). The Labute approximate surface area is 176 Å². The minimum atomic E-state index is -3.30. The van der Waals surface area contributed by atoms with Crippen molar-refractivity contribution in [2.75, 3.05) is 30.6 Å². The van der Waals surface area contributed by atoms with Gasteiger partial charge in [0.2, 0.25) is 10.0 Å². The van der Waals surface area contributed by atoms with Crippen LogP contribution in [0.25, 0.3) is 0 Å². The second-order valence-corrected chi connectivity index (χ2v) is 10.6. The minimum Gasteiger partial charge on any atom is -0.348 e. The van der Waals surface area contributed by atoms with Crippen molar-refractivity contribution in [2.24, 2.45) is 5.92 Å². The van der Waals surface area contributed by atoms with Gasteiger partial charge in [-0.3, -0.25) is 9.52 Å². The van der Waals surface area contributed by atoms with E-state index >= 15 is 0 Å². The Hall–Kier alpha value is -2.03. The molecule has 0 spiro atoms. The van der Waals surface area contributed by atoms with Gasteiger partial charge in [-0.05, 0) is 74.3 Å². The van der Waals surface area contributed by atoms with Crippen LogP contribution in [-0.4, -0.2) is 51.2 Å². The number of nitrogens with zero attached hydrogens (tertiary/aromatic N) is 1. The molecule has 3 heterocycles. The fourth-order valence-corrected chi connectivity index (χ4v) is 5.46. The summed E-state index contributed by atoms with van der Waals surface area (Å²) in [6, 6.07) is 15.0. The zero-order valence-corrected chi connectivity index (χ0v) is 17.9. The van der Waals surface area contributed by atoms with E-state index in [4.69, 9.17) is 0 Å². The lowest BCUT2D eigenvalue weighted by atomic mass is 9.84. The third-order valence-corrected chi connectivity index (χ3v) is 7.07. The van der Waals surface area contributed by atoms with Gasteiger partial charge < -0.3 is 10.2 Å². The highest BCUT2D eigenvalue weighted by atomic mass is 32.2. The van der Waals surface area contributed by atoms with Crippen molar-refractivity contribution in [3.63, 3.8) is 0 Å². The van der Waals surface area contributed by atoms with Crippen LogP contribution in [0.4, 0.5) is 5.69 Å². The fourth-order valence-electron chi connectivity index (χ4n) is 4.03. The van der Waals surface area contributed by atoms with Crippen LogP contribution in [0.3, 0.4) is 0 Å². The summed E-state index contributed by atoms with van der Waals surface area (Å²) in [5.74, 6) is 0.589. The van der Waals surface area contributed by atoms with Gasteiger partial charge in [0.15, 0.2) is 0 Å². The van der Waals surface area contributed by atoms with Crippen molar-refractivity contribution in [2.45, 2.75) is 28.7 Å². The van der Waals surface area contributed by atoms with Crippen LogP contribution in [0.1, 0.15) is 23.2 Å². The number of sulfonamides is 1. The van der Waals surface area contributed by atoms with Crippen LogP contribution in [0.2, 0.25) is 0 Å². The number of anilines is 1. The number of hydrogen-bond acceptors (Lipinski definition) is 5. The normalized spacial score (nSPS) is 23.6. The molecule has 0 radical (unpaired) electrons. The van der Waals surface area contributed by atoms with Gasteiger partial charge in [-0.1, -0.05) is 17.8 Å². The Morgan fingerprint density at radius 1 is 1.07 bits per heavy atom. The summed E-state index contributed by atoms with van der Waals surface area (Å²) in [6.45, 7) is 3.27. The van der Waals surface area contributed by atoms with E-state index in [0.717, 1.165) is 35.7 Å². The molecular formula is C21H25N3O3S2. The molecule has 0 aliphatic carbocycles.